The van der Waals surface area contributed by atoms with Crippen molar-refractivity contribution in [3.05, 3.63) is 29.8 Å². The summed E-state index contributed by atoms with van der Waals surface area (Å²) in [4.78, 5) is 4.35. The number of hydrogen-bond acceptors (Lipinski definition) is 2. The van der Waals surface area contributed by atoms with Crippen LogP contribution in [-0.4, -0.2) is 25.7 Å². The summed E-state index contributed by atoms with van der Waals surface area (Å²) in [7, 11) is 0. The fourth-order valence-corrected chi connectivity index (χ4v) is 1.50. The van der Waals surface area contributed by atoms with Crippen molar-refractivity contribution in [3.8, 4) is 5.75 Å². The molecular formula is C13H19F2N3O. The van der Waals surface area contributed by atoms with E-state index in [0.29, 0.717) is 12.5 Å². The van der Waals surface area contributed by atoms with Gasteiger partial charge in [-0.2, -0.15) is 8.78 Å². The van der Waals surface area contributed by atoms with Crippen LogP contribution in [0.2, 0.25) is 0 Å². The molecule has 1 rings (SSSR count). The molecule has 0 fully saturated rings. The normalized spacial score (nSPS) is 10.2. The van der Waals surface area contributed by atoms with Gasteiger partial charge in [0.25, 0.3) is 0 Å². The van der Waals surface area contributed by atoms with E-state index in [9.17, 15) is 8.78 Å². The van der Waals surface area contributed by atoms with E-state index >= 15 is 0 Å². The van der Waals surface area contributed by atoms with Gasteiger partial charge in [0, 0.05) is 13.1 Å². The van der Waals surface area contributed by atoms with E-state index in [1.807, 2.05) is 19.9 Å². The molecule has 0 atom stereocenters. The number of nitrogens with zero attached hydrogens (tertiary/aromatic N) is 1. The third kappa shape index (κ3) is 6.03. The minimum Gasteiger partial charge on any atom is -0.435 e. The Labute approximate surface area is 111 Å². The highest BCUT2D eigenvalue weighted by atomic mass is 19.3. The lowest BCUT2D eigenvalue weighted by molar-refractivity contribution is -0.0498. The van der Waals surface area contributed by atoms with Gasteiger partial charge < -0.3 is 15.4 Å². The van der Waals surface area contributed by atoms with Crippen LogP contribution in [-0.2, 0) is 6.54 Å². The van der Waals surface area contributed by atoms with Crippen LogP contribution in [0.5, 0.6) is 5.75 Å². The first-order valence-corrected chi connectivity index (χ1v) is 6.21. The van der Waals surface area contributed by atoms with Crippen molar-refractivity contribution < 1.29 is 13.5 Å². The molecule has 0 amide bonds. The number of benzene rings is 1. The molecule has 2 N–H and O–H groups in total. The van der Waals surface area contributed by atoms with Crippen LogP contribution in [0.3, 0.4) is 0 Å². The molecule has 6 heteroatoms. The van der Waals surface area contributed by atoms with Crippen LogP contribution in [0.15, 0.2) is 29.3 Å². The van der Waals surface area contributed by atoms with E-state index in [0.717, 1.165) is 18.7 Å². The van der Waals surface area contributed by atoms with Crippen LogP contribution in [0.1, 0.15) is 19.4 Å². The average molecular weight is 271 g/mol. The molecule has 0 aliphatic rings. The molecule has 0 unspecified atom stereocenters. The van der Waals surface area contributed by atoms with Crippen molar-refractivity contribution >= 4 is 5.96 Å². The SMILES string of the molecule is CCNC(=NCc1cccc(OC(F)F)c1)NCC. The minimum atomic E-state index is -2.81. The van der Waals surface area contributed by atoms with Gasteiger partial charge in [-0.05, 0) is 31.5 Å². The second kappa shape index (κ2) is 8.29. The largest absolute Gasteiger partial charge is 0.435 e. The maximum atomic E-state index is 12.1. The van der Waals surface area contributed by atoms with Gasteiger partial charge in [-0.15, -0.1) is 0 Å². The highest BCUT2D eigenvalue weighted by Gasteiger charge is 2.04. The molecule has 4 nitrogen and oxygen atoms in total. The molecule has 0 radical (unpaired) electrons. The Hall–Kier alpha value is -1.85. The number of alkyl halides is 2. The predicted molar refractivity (Wildman–Crippen MR) is 71.6 cm³/mol. The summed E-state index contributed by atoms with van der Waals surface area (Å²) >= 11 is 0. The summed E-state index contributed by atoms with van der Waals surface area (Å²) in [6.45, 7) is 3.07. The summed E-state index contributed by atoms with van der Waals surface area (Å²) in [6, 6.07) is 6.54. The molecule has 1 aromatic rings. The number of nitrogens with one attached hydrogen (secondary N) is 2. The van der Waals surface area contributed by atoms with Crippen LogP contribution < -0.4 is 15.4 Å². The molecule has 106 valence electrons. The highest BCUT2D eigenvalue weighted by molar-refractivity contribution is 5.79. The first-order valence-electron chi connectivity index (χ1n) is 6.21. The van der Waals surface area contributed by atoms with Crippen molar-refractivity contribution in [1.82, 2.24) is 10.6 Å². The maximum absolute atomic E-state index is 12.1. The molecule has 0 bridgehead atoms. The van der Waals surface area contributed by atoms with Crippen LogP contribution in [0.25, 0.3) is 0 Å². The van der Waals surface area contributed by atoms with Crippen molar-refractivity contribution in [1.29, 1.82) is 0 Å². The van der Waals surface area contributed by atoms with Gasteiger partial charge in [-0.1, -0.05) is 12.1 Å². The lowest BCUT2D eigenvalue weighted by atomic mass is 10.2. The second-order valence-corrected chi connectivity index (χ2v) is 3.75. The van der Waals surface area contributed by atoms with Gasteiger partial charge in [0.2, 0.25) is 0 Å². The predicted octanol–water partition coefficient (Wildman–Crippen LogP) is 2.36. The molecule has 19 heavy (non-hydrogen) atoms. The molecule has 0 saturated heterocycles. The lowest BCUT2D eigenvalue weighted by Crippen LogP contribution is -2.36. The first kappa shape index (κ1) is 15.2. The van der Waals surface area contributed by atoms with Crippen molar-refractivity contribution in [3.63, 3.8) is 0 Å². The number of guanidine groups is 1. The zero-order chi connectivity index (χ0) is 14.1. The topological polar surface area (TPSA) is 45.7 Å². The monoisotopic (exact) mass is 271 g/mol. The Morgan fingerprint density at radius 1 is 1.26 bits per heavy atom. The number of aliphatic imine (C=N–C) groups is 1. The van der Waals surface area contributed by atoms with Gasteiger partial charge in [0.15, 0.2) is 5.96 Å². The third-order valence-electron chi connectivity index (χ3n) is 2.23. The molecule has 0 aliphatic carbocycles. The summed E-state index contributed by atoms with van der Waals surface area (Å²) in [5, 5.41) is 6.18. The Morgan fingerprint density at radius 3 is 2.53 bits per heavy atom. The molecule has 0 aromatic heterocycles. The van der Waals surface area contributed by atoms with E-state index in [1.54, 1.807) is 12.1 Å². The molecule has 0 aliphatic heterocycles. The minimum absolute atomic E-state index is 0.149. The summed E-state index contributed by atoms with van der Waals surface area (Å²) in [6.07, 6.45) is 0. The smallest absolute Gasteiger partial charge is 0.387 e. The van der Waals surface area contributed by atoms with Gasteiger partial charge in [0.1, 0.15) is 5.75 Å². The molecular weight excluding hydrogens is 252 g/mol. The van der Waals surface area contributed by atoms with Gasteiger partial charge >= 0.3 is 6.61 Å². The lowest BCUT2D eigenvalue weighted by Gasteiger charge is -2.09. The zero-order valence-corrected chi connectivity index (χ0v) is 11.1. The zero-order valence-electron chi connectivity index (χ0n) is 11.1. The van der Waals surface area contributed by atoms with Gasteiger partial charge in [0.05, 0.1) is 6.54 Å². The number of hydrogen-bond donors (Lipinski definition) is 2. The van der Waals surface area contributed by atoms with E-state index in [4.69, 9.17) is 0 Å². The van der Waals surface area contributed by atoms with Crippen molar-refractivity contribution in [2.24, 2.45) is 4.99 Å². The van der Waals surface area contributed by atoms with Gasteiger partial charge in [-0.3, -0.25) is 0 Å². The Balaban J connectivity index is 2.67. The summed E-state index contributed by atoms with van der Waals surface area (Å²) in [5.74, 6) is 0.848. The van der Waals surface area contributed by atoms with Gasteiger partial charge in [-0.25, -0.2) is 4.99 Å². The van der Waals surface area contributed by atoms with E-state index in [2.05, 4.69) is 20.4 Å². The van der Waals surface area contributed by atoms with E-state index < -0.39 is 6.61 Å². The second-order valence-electron chi connectivity index (χ2n) is 3.75. The molecule has 0 saturated carbocycles. The number of ether oxygens (including phenoxy) is 1. The fourth-order valence-electron chi connectivity index (χ4n) is 1.50. The molecule has 1 aromatic carbocycles. The fraction of sp³-hybridized carbons (Fsp3) is 0.462. The van der Waals surface area contributed by atoms with Crippen LogP contribution in [0, 0.1) is 0 Å². The quantitative estimate of drug-likeness (QED) is 0.617. The Kier molecular flexibility index (Phi) is 6.63. The third-order valence-corrected chi connectivity index (χ3v) is 2.23. The van der Waals surface area contributed by atoms with Crippen molar-refractivity contribution in [2.75, 3.05) is 13.1 Å². The number of rotatable bonds is 6. The average Bonchev–Trinajstić information content (AvgIpc) is 2.36. The Morgan fingerprint density at radius 2 is 1.95 bits per heavy atom. The highest BCUT2D eigenvalue weighted by Crippen LogP contribution is 2.16. The molecule has 0 heterocycles. The standard InChI is InChI=1S/C13H19F2N3O/c1-3-16-13(17-4-2)18-9-10-6-5-7-11(8-10)19-12(14)15/h5-8,12H,3-4,9H2,1-2H3,(H2,16,17,18). The maximum Gasteiger partial charge on any atom is 0.387 e. The first-order chi connectivity index (χ1) is 9.15. The van der Waals surface area contributed by atoms with Crippen LogP contribution in [0.4, 0.5) is 8.78 Å². The van der Waals surface area contributed by atoms with Crippen LogP contribution >= 0.6 is 0 Å². The van der Waals surface area contributed by atoms with E-state index in [1.165, 1.54) is 6.07 Å². The van der Waals surface area contributed by atoms with Crippen molar-refractivity contribution in [2.45, 2.75) is 27.0 Å². The Bertz CT molecular complexity index is 403. The van der Waals surface area contributed by atoms with E-state index in [-0.39, 0.29) is 5.75 Å². The molecule has 0 spiro atoms. The number of halogens is 2. The summed E-state index contributed by atoms with van der Waals surface area (Å²) < 4.78 is 28.5. The summed E-state index contributed by atoms with van der Waals surface area (Å²) in [5.41, 5.74) is 0.812.